The zero-order chi connectivity index (χ0) is 12.5. The van der Waals surface area contributed by atoms with Crippen molar-refractivity contribution in [2.75, 3.05) is 19.0 Å². The van der Waals surface area contributed by atoms with Gasteiger partial charge in [-0.15, -0.1) is 0 Å². The van der Waals surface area contributed by atoms with E-state index in [1.165, 1.54) is 0 Å². The van der Waals surface area contributed by atoms with Crippen LogP contribution in [0.1, 0.15) is 0 Å². The first kappa shape index (κ1) is 10.8. The lowest BCUT2D eigenvalue weighted by atomic mass is 10.2. The number of pyridine rings is 1. The summed E-state index contributed by atoms with van der Waals surface area (Å²) in [5, 5.41) is 0. The lowest BCUT2D eigenvalue weighted by Gasteiger charge is -2.11. The lowest BCUT2D eigenvalue weighted by Crippen LogP contribution is -2.07. The van der Waals surface area contributed by atoms with Crippen molar-refractivity contribution in [3.05, 3.63) is 42.6 Å². The van der Waals surface area contributed by atoms with Crippen LogP contribution in [0.3, 0.4) is 0 Å². The number of benzene rings is 1. The highest BCUT2D eigenvalue weighted by Crippen LogP contribution is 2.22. The molecule has 1 N–H and O–H groups in total. The number of rotatable bonds is 2. The molecule has 18 heavy (non-hydrogen) atoms. The van der Waals surface area contributed by atoms with Gasteiger partial charge in [0.1, 0.15) is 5.69 Å². The first-order valence-corrected chi connectivity index (χ1v) is 5.82. The standard InChI is InChI=1S/C14H14N4/c1-18(2)10-6-7-11-13(9-10)17-14(16-11)12-5-3-4-8-15-12/h3-9H,1-2H3,(H,16,17). The Labute approximate surface area is 105 Å². The summed E-state index contributed by atoms with van der Waals surface area (Å²) < 4.78 is 0. The molecule has 0 spiro atoms. The topological polar surface area (TPSA) is 44.8 Å². The number of fused-ring (bicyclic) bond motifs is 1. The predicted molar refractivity (Wildman–Crippen MR) is 73.7 cm³/mol. The van der Waals surface area contributed by atoms with Crippen LogP contribution in [-0.4, -0.2) is 29.0 Å². The quantitative estimate of drug-likeness (QED) is 0.746. The molecule has 4 nitrogen and oxygen atoms in total. The minimum atomic E-state index is 0.807. The second-order valence-electron chi connectivity index (χ2n) is 4.40. The number of nitrogens with zero attached hydrogens (tertiary/aromatic N) is 3. The van der Waals surface area contributed by atoms with Gasteiger partial charge in [-0.3, -0.25) is 4.98 Å². The summed E-state index contributed by atoms with van der Waals surface area (Å²) in [5.74, 6) is 0.807. The molecule has 4 heteroatoms. The highest BCUT2D eigenvalue weighted by atomic mass is 15.1. The van der Waals surface area contributed by atoms with E-state index in [-0.39, 0.29) is 0 Å². The fourth-order valence-corrected chi connectivity index (χ4v) is 1.90. The van der Waals surface area contributed by atoms with Gasteiger partial charge in [0, 0.05) is 26.0 Å². The Bertz CT molecular complexity index is 671. The second-order valence-corrected chi connectivity index (χ2v) is 4.40. The van der Waals surface area contributed by atoms with E-state index in [9.17, 15) is 0 Å². The van der Waals surface area contributed by atoms with E-state index in [1.807, 2.05) is 38.4 Å². The molecule has 0 radical (unpaired) electrons. The molecule has 2 heterocycles. The van der Waals surface area contributed by atoms with Gasteiger partial charge in [0.15, 0.2) is 5.82 Å². The molecule has 0 unspecified atom stereocenters. The smallest absolute Gasteiger partial charge is 0.157 e. The second kappa shape index (κ2) is 4.14. The average Bonchev–Trinajstić information content (AvgIpc) is 2.82. The van der Waals surface area contributed by atoms with Crippen molar-refractivity contribution < 1.29 is 0 Å². The summed E-state index contributed by atoms with van der Waals surface area (Å²) in [6.45, 7) is 0. The Morgan fingerprint density at radius 2 is 2.00 bits per heavy atom. The maximum Gasteiger partial charge on any atom is 0.157 e. The van der Waals surface area contributed by atoms with Gasteiger partial charge in [-0.2, -0.15) is 0 Å². The number of aromatic amines is 1. The van der Waals surface area contributed by atoms with Crippen LogP contribution in [0.2, 0.25) is 0 Å². The molecule has 0 fully saturated rings. The van der Waals surface area contributed by atoms with E-state index < -0.39 is 0 Å². The van der Waals surface area contributed by atoms with Crippen LogP contribution in [0.4, 0.5) is 5.69 Å². The number of aromatic nitrogens is 3. The van der Waals surface area contributed by atoms with Gasteiger partial charge in [0.2, 0.25) is 0 Å². The Morgan fingerprint density at radius 1 is 1.11 bits per heavy atom. The van der Waals surface area contributed by atoms with Crippen molar-refractivity contribution in [1.82, 2.24) is 15.0 Å². The molecule has 3 rings (SSSR count). The van der Waals surface area contributed by atoms with E-state index in [1.54, 1.807) is 6.20 Å². The molecule has 0 atom stereocenters. The summed E-state index contributed by atoms with van der Waals surface area (Å²) >= 11 is 0. The molecule has 0 saturated heterocycles. The third-order valence-corrected chi connectivity index (χ3v) is 2.89. The van der Waals surface area contributed by atoms with Crippen molar-refractivity contribution in [2.24, 2.45) is 0 Å². The fourth-order valence-electron chi connectivity index (χ4n) is 1.90. The summed E-state index contributed by atoms with van der Waals surface area (Å²) in [6, 6.07) is 12.0. The first-order chi connectivity index (χ1) is 8.74. The van der Waals surface area contributed by atoms with E-state index in [0.717, 1.165) is 28.2 Å². The highest BCUT2D eigenvalue weighted by Gasteiger charge is 2.06. The van der Waals surface area contributed by atoms with Crippen LogP contribution in [-0.2, 0) is 0 Å². The van der Waals surface area contributed by atoms with Gasteiger partial charge in [-0.1, -0.05) is 6.07 Å². The van der Waals surface area contributed by atoms with Gasteiger partial charge < -0.3 is 9.88 Å². The molecule has 1 aromatic carbocycles. The molecular weight excluding hydrogens is 224 g/mol. The van der Waals surface area contributed by atoms with Crippen molar-refractivity contribution in [2.45, 2.75) is 0 Å². The Morgan fingerprint density at radius 3 is 2.72 bits per heavy atom. The van der Waals surface area contributed by atoms with Crippen molar-refractivity contribution in [3.8, 4) is 11.5 Å². The molecule has 0 aliphatic heterocycles. The molecule has 0 saturated carbocycles. The van der Waals surface area contributed by atoms with Gasteiger partial charge in [-0.25, -0.2) is 4.98 Å². The fraction of sp³-hybridized carbons (Fsp3) is 0.143. The summed E-state index contributed by atoms with van der Waals surface area (Å²) in [7, 11) is 4.04. The van der Waals surface area contributed by atoms with E-state index >= 15 is 0 Å². The maximum absolute atomic E-state index is 4.58. The van der Waals surface area contributed by atoms with Crippen molar-refractivity contribution >= 4 is 16.7 Å². The van der Waals surface area contributed by atoms with E-state index in [4.69, 9.17) is 0 Å². The number of nitrogens with one attached hydrogen (secondary N) is 1. The summed E-state index contributed by atoms with van der Waals surface area (Å²) in [4.78, 5) is 14.2. The van der Waals surface area contributed by atoms with Crippen LogP contribution in [0, 0.1) is 0 Å². The van der Waals surface area contributed by atoms with Crippen molar-refractivity contribution in [1.29, 1.82) is 0 Å². The zero-order valence-corrected chi connectivity index (χ0v) is 10.4. The number of H-pyrrole nitrogens is 1. The van der Waals surface area contributed by atoms with E-state index in [0.29, 0.717) is 0 Å². The van der Waals surface area contributed by atoms with Crippen LogP contribution in [0.15, 0.2) is 42.6 Å². The average molecular weight is 238 g/mol. The number of hydrogen-bond donors (Lipinski definition) is 1. The summed E-state index contributed by atoms with van der Waals surface area (Å²) in [6.07, 6.45) is 1.77. The molecule has 90 valence electrons. The minimum absolute atomic E-state index is 0.807. The largest absolute Gasteiger partial charge is 0.378 e. The molecule has 2 aromatic heterocycles. The normalized spacial score (nSPS) is 10.8. The van der Waals surface area contributed by atoms with Crippen LogP contribution >= 0.6 is 0 Å². The monoisotopic (exact) mass is 238 g/mol. The minimum Gasteiger partial charge on any atom is -0.378 e. The summed E-state index contributed by atoms with van der Waals surface area (Å²) in [5.41, 5.74) is 3.99. The van der Waals surface area contributed by atoms with Crippen LogP contribution in [0.25, 0.3) is 22.6 Å². The van der Waals surface area contributed by atoms with Crippen molar-refractivity contribution in [3.63, 3.8) is 0 Å². The Balaban J connectivity index is 2.11. The highest BCUT2D eigenvalue weighted by molar-refractivity contribution is 5.82. The Hall–Kier alpha value is -2.36. The SMILES string of the molecule is CN(C)c1ccc2[nH]c(-c3ccccn3)nc2c1. The van der Waals surface area contributed by atoms with Crippen LogP contribution < -0.4 is 4.90 Å². The molecular formula is C14H14N4. The molecule has 0 amide bonds. The third-order valence-electron chi connectivity index (χ3n) is 2.89. The molecule has 0 bridgehead atoms. The lowest BCUT2D eigenvalue weighted by molar-refractivity contribution is 1.13. The van der Waals surface area contributed by atoms with Gasteiger partial charge >= 0.3 is 0 Å². The number of hydrogen-bond acceptors (Lipinski definition) is 3. The number of imidazole rings is 1. The third kappa shape index (κ3) is 1.82. The maximum atomic E-state index is 4.58. The van der Waals surface area contributed by atoms with Gasteiger partial charge in [-0.05, 0) is 30.3 Å². The molecule has 0 aliphatic rings. The van der Waals surface area contributed by atoms with Gasteiger partial charge in [0.25, 0.3) is 0 Å². The molecule has 0 aliphatic carbocycles. The van der Waals surface area contributed by atoms with Gasteiger partial charge in [0.05, 0.1) is 11.0 Å². The number of anilines is 1. The zero-order valence-electron chi connectivity index (χ0n) is 10.4. The van der Waals surface area contributed by atoms with E-state index in [2.05, 4.69) is 32.0 Å². The molecule has 3 aromatic rings. The Kier molecular flexibility index (Phi) is 2.48. The van der Waals surface area contributed by atoms with Crippen LogP contribution in [0.5, 0.6) is 0 Å². The first-order valence-electron chi connectivity index (χ1n) is 5.82. The predicted octanol–water partition coefficient (Wildman–Crippen LogP) is 2.69.